The molecule has 1 aliphatic rings. The molecule has 0 saturated heterocycles. The molecule has 0 unspecified atom stereocenters. The second-order valence-corrected chi connectivity index (χ2v) is 2.65. The van der Waals surface area contributed by atoms with Crippen molar-refractivity contribution in [3.63, 3.8) is 0 Å². The lowest BCUT2D eigenvalue weighted by molar-refractivity contribution is -0.209. The van der Waals surface area contributed by atoms with Gasteiger partial charge >= 0.3 is 0 Å². The Hall–Kier alpha value is -1.62. The summed E-state index contributed by atoms with van der Waals surface area (Å²) in [4.78, 5) is 24.0. The van der Waals surface area contributed by atoms with Crippen molar-refractivity contribution >= 4 is 12.0 Å². The zero-order valence-electron chi connectivity index (χ0n) is 7.06. The van der Waals surface area contributed by atoms with Crippen LogP contribution in [0.4, 0.5) is 0 Å². The first-order valence-corrected chi connectivity index (χ1v) is 3.80. The first kappa shape index (κ1) is 8.00. The van der Waals surface area contributed by atoms with Crippen molar-refractivity contribution in [2.24, 2.45) is 7.05 Å². The van der Waals surface area contributed by atoms with Gasteiger partial charge in [0, 0.05) is 13.2 Å². The summed E-state index contributed by atoms with van der Waals surface area (Å²) in [6, 6.07) is 0. The van der Waals surface area contributed by atoms with Crippen LogP contribution in [0.5, 0.6) is 0 Å². The highest BCUT2D eigenvalue weighted by Crippen LogP contribution is 2.18. The number of carbonyl (C=O) groups excluding carboxylic acids is 1. The van der Waals surface area contributed by atoms with Gasteiger partial charge in [0.2, 0.25) is 0 Å². The lowest BCUT2D eigenvalue weighted by atomic mass is 10.4. The molecule has 1 aromatic heterocycles. The van der Waals surface area contributed by atoms with E-state index in [2.05, 4.69) is 9.87 Å². The molecule has 0 amide bonds. The summed E-state index contributed by atoms with van der Waals surface area (Å²) in [5.74, 6) is 0.926. The molecule has 0 atom stereocenters. The summed E-state index contributed by atoms with van der Waals surface area (Å²) >= 11 is 0. The Labute approximate surface area is 74.5 Å². The van der Waals surface area contributed by atoms with Gasteiger partial charge in [0.25, 0.3) is 0 Å². The second-order valence-electron chi connectivity index (χ2n) is 2.65. The standard InChI is InChI=1S/C8H8N2O3/c1-10-4-6(9-8(10)5-11)7-2-3-12-13-7/h2,4-5H,3H2,1H3. The molecule has 5 nitrogen and oxygen atoms in total. The Morgan fingerprint density at radius 2 is 2.54 bits per heavy atom. The maximum atomic E-state index is 10.5. The van der Waals surface area contributed by atoms with Crippen LogP contribution in [0.15, 0.2) is 12.3 Å². The van der Waals surface area contributed by atoms with Crippen LogP contribution in [0.1, 0.15) is 16.3 Å². The van der Waals surface area contributed by atoms with Crippen molar-refractivity contribution in [1.82, 2.24) is 9.55 Å². The molecule has 5 heteroatoms. The second kappa shape index (κ2) is 3.02. The average molecular weight is 180 g/mol. The maximum Gasteiger partial charge on any atom is 0.191 e. The molecule has 0 bridgehead atoms. The van der Waals surface area contributed by atoms with Gasteiger partial charge in [0.05, 0.1) is 0 Å². The van der Waals surface area contributed by atoms with E-state index in [1.807, 2.05) is 0 Å². The van der Waals surface area contributed by atoms with Crippen molar-refractivity contribution in [2.45, 2.75) is 0 Å². The topological polar surface area (TPSA) is 53.4 Å². The van der Waals surface area contributed by atoms with Crippen LogP contribution >= 0.6 is 0 Å². The first-order chi connectivity index (χ1) is 6.31. The summed E-state index contributed by atoms with van der Waals surface area (Å²) in [6.45, 7) is 0.419. The molecule has 0 saturated carbocycles. The van der Waals surface area contributed by atoms with Gasteiger partial charge in [0.1, 0.15) is 12.3 Å². The highest BCUT2D eigenvalue weighted by Gasteiger charge is 2.14. The Kier molecular flexibility index (Phi) is 1.86. The number of rotatable bonds is 2. The van der Waals surface area contributed by atoms with E-state index in [9.17, 15) is 4.79 Å². The predicted molar refractivity (Wildman–Crippen MR) is 43.6 cm³/mol. The molecular formula is C8H8N2O3. The third-order valence-electron chi connectivity index (χ3n) is 1.76. The van der Waals surface area contributed by atoms with Crippen LogP contribution < -0.4 is 0 Å². The zero-order chi connectivity index (χ0) is 9.26. The number of aromatic nitrogens is 2. The van der Waals surface area contributed by atoms with Crippen LogP contribution in [0, 0.1) is 0 Å². The molecule has 0 N–H and O–H groups in total. The largest absolute Gasteiger partial charge is 0.335 e. The number of hydrogen-bond donors (Lipinski definition) is 0. The van der Waals surface area contributed by atoms with E-state index in [0.717, 1.165) is 0 Å². The number of hydrogen-bond acceptors (Lipinski definition) is 4. The van der Waals surface area contributed by atoms with Crippen LogP contribution in [-0.4, -0.2) is 22.4 Å². The van der Waals surface area contributed by atoms with Gasteiger partial charge in [-0.05, 0) is 6.08 Å². The third-order valence-corrected chi connectivity index (χ3v) is 1.76. The van der Waals surface area contributed by atoms with Gasteiger partial charge in [-0.2, -0.15) is 4.89 Å². The van der Waals surface area contributed by atoms with Crippen molar-refractivity contribution in [3.05, 3.63) is 23.8 Å². The Morgan fingerprint density at radius 1 is 1.69 bits per heavy atom. The molecular weight excluding hydrogens is 172 g/mol. The van der Waals surface area contributed by atoms with Crippen molar-refractivity contribution in [3.8, 4) is 0 Å². The summed E-state index contributed by atoms with van der Waals surface area (Å²) in [7, 11) is 1.75. The molecule has 1 aromatic rings. The van der Waals surface area contributed by atoms with E-state index in [1.165, 1.54) is 0 Å². The molecule has 68 valence electrons. The highest BCUT2D eigenvalue weighted by atomic mass is 17.2. The molecule has 13 heavy (non-hydrogen) atoms. The van der Waals surface area contributed by atoms with Crippen molar-refractivity contribution in [2.75, 3.05) is 6.61 Å². The van der Waals surface area contributed by atoms with Crippen molar-refractivity contribution in [1.29, 1.82) is 0 Å². The SMILES string of the molecule is Cn1cc(C2=CCOO2)nc1C=O. The number of aryl methyl sites for hydroxylation is 1. The summed E-state index contributed by atoms with van der Waals surface area (Å²) in [5, 5.41) is 0. The quantitative estimate of drug-likeness (QED) is 0.492. The normalized spacial score (nSPS) is 15.3. The van der Waals surface area contributed by atoms with E-state index >= 15 is 0 Å². The first-order valence-electron chi connectivity index (χ1n) is 3.80. The molecule has 0 aliphatic carbocycles. The fraction of sp³-hybridized carbons (Fsp3) is 0.250. The molecule has 2 heterocycles. The van der Waals surface area contributed by atoms with E-state index in [4.69, 9.17) is 4.89 Å². The number of imidazole rings is 1. The lowest BCUT2D eigenvalue weighted by Gasteiger charge is -1.94. The summed E-state index contributed by atoms with van der Waals surface area (Å²) in [6.07, 6.45) is 4.17. The fourth-order valence-corrected chi connectivity index (χ4v) is 1.10. The van der Waals surface area contributed by atoms with Gasteiger partial charge in [-0.1, -0.05) is 0 Å². The minimum absolute atomic E-state index is 0.367. The number of carbonyl (C=O) groups is 1. The highest BCUT2D eigenvalue weighted by molar-refractivity contribution is 5.71. The average Bonchev–Trinajstić information content (AvgIpc) is 2.71. The summed E-state index contributed by atoms with van der Waals surface area (Å²) in [5.41, 5.74) is 0.613. The molecule has 0 spiro atoms. The molecule has 0 aromatic carbocycles. The van der Waals surface area contributed by atoms with Crippen LogP contribution in [-0.2, 0) is 16.8 Å². The minimum Gasteiger partial charge on any atom is -0.335 e. The molecule has 0 radical (unpaired) electrons. The van der Waals surface area contributed by atoms with Gasteiger partial charge in [0.15, 0.2) is 17.9 Å². The Balaban J connectivity index is 2.35. The fourth-order valence-electron chi connectivity index (χ4n) is 1.10. The van der Waals surface area contributed by atoms with Crippen molar-refractivity contribution < 1.29 is 14.6 Å². The predicted octanol–water partition coefficient (Wildman–Crippen LogP) is 0.535. The molecule has 1 aliphatic heterocycles. The van der Waals surface area contributed by atoms with E-state index < -0.39 is 0 Å². The van der Waals surface area contributed by atoms with Crippen LogP contribution in [0.3, 0.4) is 0 Å². The smallest absolute Gasteiger partial charge is 0.191 e. The third kappa shape index (κ3) is 1.33. The monoisotopic (exact) mass is 180 g/mol. The Bertz CT molecular complexity index is 367. The maximum absolute atomic E-state index is 10.5. The van der Waals surface area contributed by atoms with Gasteiger partial charge in [-0.25, -0.2) is 4.98 Å². The van der Waals surface area contributed by atoms with Gasteiger partial charge in [-0.3, -0.25) is 4.79 Å². The Morgan fingerprint density at radius 3 is 3.08 bits per heavy atom. The lowest BCUT2D eigenvalue weighted by Crippen LogP contribution is -1.93. The van der Waals surface area contributed by atoms with E-state index in [1.54, 1.807) is 23.9 Å². The van der Waals surface area contributed by atoms with E-state index in [0.29, 0.717) is 30.2 Å². The number of nitrogens with zero attached hydrogens (tertiary/aromatic N) is 2. The summed E-state index contributed by atoms with van der Waals surface area (Å²) < 4.78 is 1.63. The zero-order valence-corrected chi connectivity index (χ0v) is 7.06. The molecule has 2 rings (SSSR count). The van der Waals surface area contributed by atoms with Gasteiger partial charge < -0.3 is 9.45 Å². The van der Waals surface area contributed by atoms with Gasteiger partial charge in [-0.15, -0.1) is 0 Å². The molecule has 0 fully saturated rings. The number of aldehydes is 1. The van der Waals surface area contributed by atoms with E-state index in [-0.39, 0.29) is 0 Å². The van der Waals surface area contributed by atoms with Crippen LogP contribution in [0.2, 0.25) is 0 Å². The van der Waals surface area contributed by atoms with Crippen LogP contribution in [0.25, 0.3) is 5.76 Å². The minimum atomic E-state index is 0.367.